The molecule has 8 heteroatoms. The summed E-state index contributed by atoms with van der Waals surface area (Å²) in [6.07, 6.45) is 3.01. The van der Waals surface area contributed by atoms with E-state index in [-0.39, 0.29) is 5.91 Å². The number of primary amides is 1. The number of hydrogen-bond acceptors (Lipinski definition) is 5. The molecule has 0 aromatic carbocycles. The summed E-state index contributed by atoms with van der Waals surface area (Å²) in [4.78, 5) is 33.8. The molecule has 3 rings (SSSR count). The third-order valence-corrected chi connectivity index (χ3v) is 3.60. The highest BCUT2D eigenvalue weighted by Crippen LogP contribution is 2.20. The lowest BCUT2D eigenvalue weighted by molar-refractivity contribution is 0.0702. The molecule has 1 aliphatic rings. The Morgan fingerprint density at radius 3 is 2.86 bits per heavy atom. The summed E-state index contributed by atoms with van der Waals surface area (Å²) in [7, 11) is 1.47. The Labute approximate surface area is 126 Å². The zero-order valence-corrected chi connectivity index (χ0v) is 12.0. The van der Waals surface area contributed by atoms with E-state index in [1.165, 1.54) is 13.3 Å². The van der Waals surface area contributed by atoms with E-state index in [1.54, 1.807) is 27.8 Å². The summed E-state index contributed by atoms with van der Waals surface area (Å²) < 4.78 is 6.86. The van der Waals surface area contributed by atoms with Crippen LogP contribution in [0.25, 0.3) is 0 Å². The summed E-state index contributed by atoms with van der Waals surface area (Å²) in [6.45, 7) is 1.24. The maximum Gasteiger partial charge on any atom is 0.266 e. The van der Waals surface area contributed by atoms with E-state index in [9.17, 15) is 9.59 Å². The zero-order valence-electron chi connectivity index (χ0n) is 12.0. The van der Waals surface area contributed by atoms with Gasteiger partial charge in [-0.25, -0.2) is 9.97 Å². The lowest BCUT2D eigenvalue weighted by Crippen LogP contribution is -2.39. The molecule has 0 radical (unpaired) electrons. The van der Waals surface area contributed by atoms with Crippen LogP contribution in [-0.2, 0) is 13.1 Å². The molecule has 3 heterocycles. The third-order valence-electron chi connectivity index (χ3n) is 3.60. The number of amides is 2. The first kappa shape index (κ1) is 14.1. The van der Waals surface area contributed by atoms with E-state index < -0.39 is 5.91 Å². The van der Waals surface area contributed by atoms with Crippen LogP contribution in [0, 0.1) is 0 Å². The molecule has 0 bridgehead atoms. The van der Waals surface area contributed by atoms with Crippen molar-refractivity contribution in [3.05, 3.63) is 41.6 Å². The first-order valence-corrected chi connectivity index (χ1v) is 6.74. The lowest BCUT2D eigenvalue weighted by Gasteiger charge is -2.28. The number of methoxy groups -OCH3 is 1. The number of pyridine rings is 1. The Balaban J connectivity index is 1.85. The van der Waals surface area contributed by atoms with Crippen LogP contribution in [0.2, 0.25) is 0 Å². The molecule has 1 aliphatic heterocycles. The van der Waals surface area contributed by atoms with Crippen molar-refractivity contribution in [1.29, 1.82) is 0 Å². The lowest BCUT2D eigenvalue weighted by atomic mass is 10.2. The van der Waals surface area contributed by atoms with Crippen molar-refractivity contribution in [2.75, 3.05) is 13.7 Å². The number of aromatic nitrogens is 3. The van der Waals surface area contributed by atoms with Gasteiger partial charge in [0, 0.05) is 19.3 Å². The molecule has 114 valence electrons. The molecule has 22 heavy (non-hydrogen) atoms. The number of imidazole rings is 1. The van der Waals surface area contributed by atoms with Gasteiger partial charge in [-0.3, -0.25) is 9.59 Å². The van der Waals surface area contributed by atoms with Crippen molar-refractivity contribution in [2.24, 2.45) is 5.73 Å². The van der Waals surface area contributed by atoms with E-state index in [1.807, 2.05) is 0 Å². The molecule has 0 saturated carbocycles. The smallest absolute Gasteiger partial charge is 0.266 e. The Hall–Kier alpha value is -2.90. The molecule has 2 aromatic heterocycles. The molecule has 2 aromatic rings. The summed E-state index contributed by atoms with van der Waals surface area (Å²) >= 11 is 0. The average molecular weight is 301 g/mol. The van der Waals surface area contributed by atoms with Crippen molar-refractivity contribution in [2.45, 2.75) is 13.1 Å². The first-order valence-electron chi connectivity index (χ1n) is 6.74. The maximum atomic E-state index is 12.6. The minimum absolute atomic E-state index is 0.181. The summed E-state index contributed by atoms with van der Waals surface area (Å²) in [6, 6.07) is 3.36. The SMILES string of the molecule is COc1ncccc1C(=O)N1CCn2c(C(N)=O)cnc2C1. The van der Waals surface area contributed by atoms with Gasteiger partial charge in [-0.1, -0.05) is 0 Å². The molecule has 0 spiro atoms. The van der Waals surface area contributed by atoms with Crippen LogP contribution < -0.4 is 10.5 Å². The quantitative estimate of drug-likeness (QED) is 0.862. The van der Waals surface area contributed by atoms with Crippen LogP contribution >= 0.6 is 0 Å². The maximum absolute atomic E-state index is 12.6. The monoisotopic (exact) mass is 301 g/mol. The topological polar surface area (TPSA) is 103 Å². The van der Waals surface area contributed by atoms with Crippen molar-refractivity contribution in [1.82, 2.24) is 19.4 Å². The molecule has 2 N–H and O–H groups in total. The molecule has 2 amide bonds. The highest BCUT2D eigenvalue weighted by molar-refractivity contribution is 5.96. The Kier molecular flexibility index (Phi) is 3.50. The molecule has 0 atom stereocenters. The van der Waals surface area contributed by atoms with Crippen LogP contribution in [0.3, 0.4) is 0 Å². The van der Waals surface area contributed by atoms with Crippen molar-refractivity contribution in [3.63, 3.8) is 0 Å². The zero-order chi connectivity index (χ0) is 15.7. The van der Waals surface area contributed by atoms with Gasteiger partial charge in [-0.15, -0.1) is 0 Å². The van der Waals surface area contributed by atoms with Gasteiger partial charge in [-0.05, 0) is 12.1 Å². The summed E-state index contributed by atoms with van der Waals surface area (Å²) in [5.41, 5.74) is 6.07. The number of ether oxygens (including phenoxy) is 1. The molecule has 0 saturated heterocycles. The van der Waals surface area contributed by atoms with E-state index in [2.05, 4.69) is 9.97 Å². The molecule has 0 fully saturated rings. The second-order valence-corrected chi connectivity index (χ2v) is 4.86. The summed E-state index contributed by atoms with van der Waals surface area (Å²) in [5, 5.41) is 0. The van der Waals surface area contributed by atoms with Gasteiger partial charge in [0.2, 0.25) is 5.88 Å². The first-order chi connectivity index (χ1) is 10.6. The molecule has 8 nitrogen and oxygen atoms in total. The predicted molar refractivity (Wildman–Crippen MR) is 76.3 cm³/mol. The van der Waals surface area contributed by atoms with Gasteiger partial charge < -0.3 is 19.9 Å². The number of carbonyl (C=O) groups is 2. The van der Waals surface area contributed by atoms with E-state index >= 15 is 0 Å². The van der Waals surface area contributed by atoms with E-state index in [0.717, 1.165) is 0 Å². The summed E-state index contributed by atoms with van der Waals surface area (Å²) in [5.74, 6) is 0.225. The third kappa shape index (κ3) is 2.28. The van der Waals surface area contributed by atoms with Crippen molar-refractivity contribution in [3.8, 4) is 5.88 Å². The van der Waals surface area contributed by atoms with Gasteiger partial charge in [0.25, 0.3) is 11.8 Å². The van der Waals surface area contributed by atoms with Gasteiger partial charge in [0.05, 0.1) is 19.9 Å². The largest absolute Gasteiger partial charge is 0.480 e. The minimum Gasteiger partial charge on any atom is -0.480 e. The number of nitrogens with zero attached hydrogens (tertiary/aromatic N) is 4. The minimum atomic E-state index is -0.521. The number of hydrogen-bond donors (Lipinski definition) is 1. The Morgan fingerprint density at radius 1 is 1.32 bits per heavy atom. The Bertz CT molecular complexity index is 740. The standard InChI is InChI=1S/C14H15N5O3/c1-22-13-9(3-2-4-16-13)14(21)18-5-6-19-10(12(15)20)7-17-11(19)8-18/h2-4,7H,5-6,8H2,1H3,(H2,15,20). The van der Waals surface area contributed by atoms with Crippen LogP contribution in [-0.4, -0.2) is 44.9 Å². The number of rotatable bonds is 3. The number of carbonyl (C=O) groups excluding carboxylic acids is 2. The van der Waals surface area contributed by atoms with E-state index in [0.29, 0.717) is 42.6 Å². The van der Waals surface area contributed by atoms with Gasteiger partial charge in [-0.2, -0.15) is 0 Å². The second kappa shape index (κ2) is 5.47. The molecule has 0 aliphatic carbocycles. The van der Waals surface area contributed by atoms with Crippen LogP contribution in [0.1, 0.15) is 26.7 Å². The fraction of sp³-hybridized carbons (Fsp3) is 0.286. The van der Waals surface area contributed by atoms with E-state index in [4.69, 9.17) is 10.5 Å². The van der Waals surface area contributed by atoms with Crippen LogP contribution in [0.4, 0.5) is 0 Å². The Morgan fingerprint density at radius 2 is 2.14 bits per heavy atom. The van der Waals surface area contributed by atoms with Crippen molar-refractivity contribution >= 4 is 11.8 Å². The van der Waals surface area contributed by atoms with Gasteiger partial charge >= 0.3 is 0 Å². The number of nitrogens with two attached hydrogens (primary N) is 1. The molecular weight excluding hydrogens is 286 g/mol. The fourth-order valence-corrected chi connectivity index (χ4v) is 2.52. The number of fused-ring (bicyclic) bond motifs is 1. The molecule has 0 unspecified atom stereocenters. The van der Waals surface area contributed by atoms with Gasteiger partial charge in [0.15, 0.2) is 0 Å². The van der Waals surface area contributed by atoms with Gasteiger partial charge in [0.1, 0.15) is 17.1 Å². The normalized spacial score (nSPS) is 13.6. The molecular formula is C14H15N5O3. The predicted octanol–water partition coefficient (Wildman–Crippen LogP) is 0.0416. The second-order valence-electron chi connectivity index (χ2n) is 4.86. The highest BCUT2D eigenvalue weighted by Gasteiger charge is 2.27. The highest BCUT2D eigenvalue weighted by atomic mass is 16.5. The fourth-order valence-electron chi connectivity index (χ4n) is 2.52. The van der Waals surface area contributed by atoms with Crippen LogP contribution in [0.15, 0.2) is 24.5 Å². The average Bonchev–Trinajstić information content (AvgIpc) is 2.97. The van der Waals surface area contributed by atoms with Crippen LogP contribution in [0.5, 0.6) is 5.88 Å². The van der Waals surface area contributed by atoms with Crippen molar-refractivity contribution < 1.29 is 14.3 Å².